The van der Waals surface area contributed by atoms with Crippen molar-refractivity contribution in [2.75, 3.05) is 44.3 Å². The minimum Gasteiger partial charge on any atom is -0.353 e. The Labute approximate surface area is 135 Å². The summed E-state index contributed by atoms with van der Waals surface area (Å²) in [6, 6.07) is 5.14. The molecule has 0 radical (unpaired) electrons. The van der Waals surface area contributed by atoms with Gasteiger partial charge in [-0.15, -0.1) is 0 Å². The summed E-state index contributed by atoms with van der Waals surface area (Å²) in [6.45, 7) is 0.549. The van der Waals surface area contributed by atoms with Gasteiger partial charge < -0.3 is 10.2 Å². The number of hydrogen-bond donors (Lipinski definition) is 1. The second-order valence-corrected chi connectivity index (χ2v) is 7.11. The highest BCUT2D eigenvalue weighted by atomic mass is 32.2. The van der Waals surface area contributed by atoms with Crippen molar-refractivity contribution >= 4 is 27.3 Å². The highest BCUT2D eigenvalue weighted by Crippen LogP contribution is 2.22. The fourth-order valence-corrected chi connectivity index (χ4v) is 2.62. The topological polar surface area (TPSA) is 113 Å². The quantitative estimate of drug-likeness (QED) is 0.526. The first-order valence-corrected chi connectivity index (χ1v) is 8.59. The fourth-order valence-electron chi connectivity index (χ4n) is 1.77. The van der Waals surface area contributed by atoms with Gasteiger partial charge in [-0.25, -0.2) is 8.42 Å². The van der Waals surface area contributed by atoms with Crippen molar-refractivity contribution in [3.63, 3.8) is 0 Å². The predicted octanol–water partition coefficient (Wildman–Crippen LogP) is 0.0386. The zero-order valence-corrected chi connectivity index (χ0v) is 14.0. The van der Waals surface area contributed by atoms with Gasteiger partial charge in [0.25, 0.3) is 5.69 Å². The molecule has 1 aromatic carbocycles. The number of nitrogens with one attached hydrogen (secondary N) is 1. The Kier molecular flexibility index (Phi) is 6.46. The molecule has 9 nitrogen and oxygen atoms in total. The zero-order chi connectivity index (χ0) is 17.6. The summed E-state index contributed by atoms with van der Waals surface area (Å²) in [5.41, 5.74) is -0.173. The van der Waals surface area contributed by atoms with Crippen LogP contribution in [0.3, 0.4) is 0 Å². The average Bonchev–Trinajstić information content (AvgIpc) is 2.43. The molecule has 0 saturated carbocycles. The van der Waals surface area contributed by atoms with Gasteiger partial charge in [0, 0.05) is 25.2 Å². The van der Waals surface area contributed by atoms with E-state index in [-0.39, 0.29) is 11.4 Å². The van der Waals surface area contributed by atoms with Crippen molar-refractivity contribution in [1.29, 1.82) is 0 Å². The molecule has 1 N–H and O–H groups in total. The number of hydrogen-bond acceptors (Lipinski definition) is 6. The molecule has 0 aliphatic heterocycles. The van der Waals surface area contributed by atoms with Gasteiger partial charge in [0.2, 0.25) is 15.9 Å². The van der Waals surface area contributed by atoms with E-state index in [1.54, 1.807) is 0 Å². The monoisotopic (exact) mass is 344 g/mol. The minimum absolute atomic E-state index is 0.0736. The normalized spacial score (nSPS) is 11.3. The molecule has 0 fully saturated rings. The first-order valence-electron chi connectivity index (χ1n) is 6.75. The van der Waals surface area contributed by atoms with E-state index in [1.807, 2.05) is 19.0 Å². The minimum atomic E-state index is -3.76. The number of carbonyl (C=O) groups is 1. The third-order valence-corrected chi connectivity index (χ3v) is 4.04. The first-order chi connectivity index (χ1) is 10.6. The Morgan fingerprint density at radius 2 is 2.00 bits per heavy atom. The molecule has 10 heteroatoms. The van der Waals surface area contributed by atoms with Gasteiger partial charge in [0.05, 0.1) is 16.9 Å². The second kappa shape index (κ2) is 7.88. The van der Waals surface area contributed by atoms with Crippen molar-refractivity contribution in [3.05, 3.63) is 34.4 Å². The van der Waals surface area contributed by atoms with E-state index in [2.05, 4.69) is 5.32 Å². The van der Waals surface area contributed by atoms with Crippen LogP contribution in [0.2, 0.25) is 0 Å². The summed E-state index contributed by atoms with van der Waals surface area (Å²) < 4.78 is 24.6. The van der Waals surface area contributed by atoms with E-state index in [0.717, 1.165) is 16.6 Å². The number of benzene rings is 1. The van der Waals surface area contributed by atoms with Crippen LogP contribution < -0.4 is 9.62 Å². The molecule has 23 heavy (non-hydrogen) atoms. The standard InChI is InChI=1S/C13H20N4O5S/c1-15(2)8-7-14-13(18)10-16(23(3,21)22)11-5-4-6-12(9-11)17(19)20/h4-6,9H,7-8,10H2,1-3H3,(H,14,18). The molecule has 0 unspecified atom stereocenters. The van der Waals surface area contributed by atoms with E-state index in [4.69, 9.17) is 0 Å². The summed E-state index contributed by atoms with van der Waals surface area (Å²) in [5, 5.41) is 13.4. The molecule has 1 amide bonds. The van der Waals surface area contributed by atoms with Gasteiger partial charge in [-0.1, -0.05) is 6.07 Å². The molecule has 0 aromatic heterocycles. The van der Waals surface area contributed by atoms with Crippen LogP contribution >= 0.6 is 0 Å². The highest BCUT2D eigenvalue weighted by Gasteiger charge is 2.22. The third-order valence-electron chi connectivity index (χ3n) is 2.90. The van der Waals surface area contributed by atoms with Crippen LogP contribution in [-0.4, -0.2) is 64.1 Å². The maximum Gasteiger partial charge on any atom is 0.271 e. The second-order valence-electron chi connectivity index (χ2n) is 5.20. The summed E-state index contributed by atoms with van der Waals surface area (Å²) in [6.07, 6.45) is 0.943. The van der Waals surface area contributed by atoms with Crippen LogP contribution in [0.25, 0.3) is 0 Å². The lowest BCUT2D eigenvalue weighted by Crippen LogP contribution is -2.42. The largest absolute Gasteiger partial charge is 0.353 e. The lowest BCUT2D eigenvalue weighted by Gasteiger charge is -2.22. The molecular formula is C13H20N4O5S. The van der Waals surface area contributed by atoms with Crippen molar-refractivity contribution in [2.24, 2.45) is 0 Å². The summed E-state index contributed by atoms with van der Waals surface area (Å²) in [4.78, 5) is 24.0. The number of carbonyl (C=O) groups excluding carboxylic acids is 1. The Balaban J connectivity index is 2.92. The van der Waals surface area contributed by atoms with Crippen LogP contribution in [-0.2, 0) is 14.8 Å². The molecule has 128 valence electrons. The molecule has 0 aliphatic rings. The Morgan fingerprint density at radius 1 is 1.35 bits per heavy atom. The number of sulfonamides is 1. The number of anilines is 1. The Morgan fingerprint density at radius 3 is 2.52 bits per heavy atom. The maximum atomic E-state index is 11.9. The van der Waals surface area contributed by atoms with E-state index in [9.17, 15) is 23.3 Å². The number of non-ortho nitro benzene ring substituents is 1. The molecule has 0 aliphatic carbocycles. The number of likely N-dealkylation sites (N-methyl/N-ethyl adjacent to an activating group) is 1. The van der Waals surface area contributed by atoms with Gasteiger partial charge in [0.1, 0.15) is 6.54 Å². The lowest BCUT2D eigenvalue weighted by atomic mass is 10.3. The number of amides is 1. The Bertz CT molecular complexity index is 675. The summed E-state index contributed by atoms with van der Waals surface area (Å²) in [5.74, 6) is -0.483. The van der Waals surface area contributed by atoms with Crippen molar-refractivity contribution in [3.8, 4) is 0 Å². The van der Waals surface area contributed by atoms with Crippen molar-refractivity contribution < 1.29 is 18.1 Å². The maximum absolute atomic E-state index is 11.9. The van der Waals surface area contributed by atoms with E-state index >= 15 is 0 Å². The number of nitro benzene ring substituents is 1. The molecule has 1 rings (SSSR count). The van der Waals surface area contributed by atoms with Crippen LogP contribution in [0.4, 0.5) is 11.4 Å². The SMILES string of the molecule is CN(C)CCNC(=O)CN(c1cccc([N+](=O)[O-])c1)S(C)(=O)=O. The molecular weight excluding hydrogens is 324 g/mol. The fraction of sp³-hybridized carbons (Fsp3) is 0.462. The predicted molar refractivity (Wildman–Crippen MR) is 86.8 cm³/mol. The van der Waals surface area contributed by atoms with Gasteiger partial charge in [-0.3, -0.25) is 19.2 Å². The first kappa shape index (κ1) is 18.8. The van der Waals surface area contributed by atoms with E-state index in [0.29, 0.717) is 13.1 Å². The van der Waals surface area contributed by atoms with Gasteiger partial charge in [-0.2, -0.15) is 0 Å². The number of nitrogens with zero attached hydrogens (tertiary/aromatic N) is 3. The molecule has 0 bridgehead atoms. The summed E-state index contributed by atoms with van der Waals surface area (Å²) in [7, 11) is -0.0668. The van der Waals surface area contributed by atoms with E-state index in [1.165, 1.54) is 18.2 Å². The lowest BCUT2D eigenvalue weighted by molar-refractivity contribution is -0.384. The molecule has 0 heterocycles. The number of rotatable bonds is 8. The van der Waals surface area contributed by atoms with Crippen molar-refractivity contribution in [1.82, 2.24) is 10.2 Å². The Hall–Kier alpha value is -2.20. The molecule has 1 aromatic rings. The summed E-state index contributed by atoms with van der Waals surface area (Å²) >= 11 is 0. The number of nitro groups is 1. The molecule has 0 spiro atoms. The smallest absolute Gasteiger partial charge is 0.271 e. The van der Waals surface area contributed by atoms with Crippen LogP contribution in [0.1, 0.15) is 0 Å². The highest BCUT2D eigenvalue weighted by molar-refractivity contribution is 7.92. The van der Waals surface area contributed by atoms with Crippen molar-refractivity contribution in [2.45, 2.75) is 0 Å². The van der Waals surface area contributed by atoms with Crippen LogP contribution in [0.15, 0.2) is 24.3 Å². The van der Waals surface area contributed by atoms with Crippen LogP contribution in [0.5, 0.6) is 0 Å². The third kappa shape index (κ3) is 6.20. The van der Waals surface area contributed by atoms with E-state index < -0.39 is 27.4 Å². The zero-order valence-electron chi connectivity index (χ0n) is 13.2. The molecule has 0 saturated heterocycles. The van der Waals surface area contributed by atoms with Gasteiger partial charge >= 0.3 is 0 Å². The molecule has 0 atom stereocenters. The average molecular weight is 344 g/mol. The van der Waals surface area contributed by atoms with Gasteiger partial charge in [-0.05, 0) is 20.2 Å². The van der Waals surface area contributed by atoms with Crippen LogP contribution in [0, 0.1) is 10.1 Å². The van der Waals surface area contributed by atoms with Gasteiger partial charge in [0.15, 0.2) is 0 Å².